The highest BCUT2D eigenvalue weighted by atomic mass is 16.5. The Kier molecular flexibility index (Phi) is 27.5. The number of hydrogen-bond acceptors (Lipinski definition) is 5. The zero-order valence-corrected chi connectivity index (χ0v) is 44.7. The minimum absolute atomic E-state index is 0.00513. The van der Waals surface area contributed by atoms with Gasteiger partial charge in [0.2, 0.25) is 0 Å². The van der Waals surface area contributed by atoms with Gasteiger partial charge in [0.15, 0.2) is 0 Å². The van der Waals surface area contributed by atoms with Crippen molar-refractivity contribution in [1.82, 2.24) is 4.90 Å². The van der Waals surface area contributed by atoms with Crippen molar-refractivity contribution in [3.63, 3.8) is 0 Å². The van der Waals surface area contributed by atoms with Crippen LogP contribution in [0.2, 0.25) is 0 Å². The minimum Gasteiger partial charge on any atom is -0.462 e. The SMILES string of the molecule is CCCCC/C=C\C/C=C/CCCCCC[C@@H](O)CN(CCCC(=O)OC1CCC2(C)C(=CCC3C2CCC2(C)C(C(C)CCCC(C)C)CCC32)C1)C[C@@H](O)CCCCCCCCCC. The van der Waals surface area contributed by atoms with E-state index in [-0.39, 0.29) is 17.5 Å². The molecule has 0 saturated heterocycles. The Morgan fingerprint density at radius 2 is 1.30 bits per heavy atom. The van der Waals surface area contributed by atoms with Crippen molar-refractivity contribution >= 4 is 5.97 Å². The third-order valence-electron chi connectivity index (χ3n) is 18.0. The summed E-state index contributed by atoms with van der Waals surface area (Å²) in [6.45, 7) is 19.0. The van der Waals surface area contributed by atoms with Crippen LogP contribution in [0.1, 0.15) is 260 Å². The van der Waals surface area contributed by atoms with E-state index >= 15 is 0 Å². The standard InChI is InChI=1S/C61H109NO4/c1-8-10-12-14-16-18-19-20-21-22-23-25-27-29-35-53(64)48-62(47-52(63)34-28-26-24-17-15-13-11-9-2)45-31-36-59(65)66-54-41-43-60(6)51(46-54)37-38-55-57-40-39-56(50(5)33-30-32-49(3)4)61(57,7)44-42-58(55)60/h16,18,20-21,37,49-50,52-58,63-64H,8-15,17,19,22-36,38-48H2,1-7H3/b18-16-,21-20+/t50?,52-,53+,54?,55?,56?,57?,58?,60?,61?/m0/s1. The lowest BCUT2D eigenvalue weighted by Gasteiger charge is -2.58. The summed E-state index contributed by atoms with van der Waals surface area (Å²) >= 11 is 0. The Labute approximate surface area is 409 Å². The number of hydrogen-bond donors (Lipinski definition) is 2. The molecular weight excluding hydrogens is 811 g/mol. The van der Waals surface area contributed by atoms with Gasteiger partial charge in [0.05, 0.1) is 12.2 Å². The van der Waals surface area contributed by atoms with E-state index in [1.165, 1.54) is 135 Å². The molecule has 0 radical (unpaired) electrons. The molecule has 0 spiro atoms. The van der Waals surface area contributed by atoms with Gasteiger partial charge in [0.1, 0.15) is 6.10 Å². The number of aliphatic hydroxyl groups excluding tert-OH is 2. The number of carbonyl (C=O) groups excluding carboxylic acids is 1. The Hall–Kier alpha value is -1.43. The van der Waals surface area contributed by atoms with Crippen molar-refractivity contribution in [3.05, 3.63) is 36.0 Å². The number of aliphatic hydroxyl groups is 2. The number of rotatable bonds is 36. The summed E-state index contributed by atoms with van der Waals surface area (Å²) in [5.74, 6) is 4.94. The summed E-state index contributed by atoms with van der Waals surface area (Å²) in [5.41, 5.74) is 2.35. The summed E-state index contributed by atoms with van der Waals surface area (Å²) in [6, 6.07) is 0. The lowest BCUT2D eigenvalue weighted by Crippen LogP contribution is -2.51. The molecule has 0 aromatic rings. The second kappa shape index (κ2) is 31.7. The van der Waals surface area contributed by atoms with Crippen LogP contribution in [-0.2, 0) is 9.53 Å². The van der Waals surface area contributed by atoms with E-state index in [0.29, 0.717) is 37.9 Å². The van der Waals surface area contributed by atoms with Crippen LogP contribution in [0.4, 0.5) is 0 Å². The molecule has 382 valence electrons. The van der Waals surface area contributed by atoms with Crippen LogP contribution in [0.3, 0.4) is 0 Å². The van der Waals surface area contributed by atoms with Gasteiger partial charge in [-0.05, 0) is 149 Å². The van der Waals surface area contributed by atoms with E-state index < -0.39 is 12.2 Å². The van der Waals surface area contributed by atoms with Gasteiger partial charge >= 0.3 is 5.97 Å². The van der Waals surface area contributed by atoms with Crippen molar-refractivity contribution in [2.45, 2.75) is 279 Å². The van der Waals surface area contributed by atoms with E-state index in [9.17, 15) is 15.0 Å². The van der Waals surface area contributed by atoms with Crippen LogP contribution in [0, 0.1) is 46.3 Å². The average Bonchev–Trinajstić information content (AvgIpc) is 3.64. The number of unbranched alkanes of at least 4 members (excludes halogenated alkanes) is 14. The molecule has 8 unspecified atom stereocenters. The zero-order valence-electron chi connectivity index (χ0n) is 44.7. The molecule has 3 saturated carbocycles. The second-order valence-electron chi connectivity index (χ2n) is 23.7. The largest absolute Gasteiger partial charge is 0.462 e. The molecule has 0 bridgehead atoms. The van der Waals surface area contributed by atoms with Crippen LogP contribution in [0.15, 0.2) is 36.0 Å². The summed E-state index contributed by atoms with van der Waals surface area (Å²) in [7, 11) is 0. The van der Waals surface area contributed by atoms with Gasteiger partial charge in [-0.2, -0.15) is 0 Å². The third-order valence-corrected chi connectivity index (χ3v) is 18.0. The van der Waals surface area contributed by atoms with Gasteiger partial charge in [-0.15, -0.1) is 0 Å². The summed E-state index contributed by atoms with van der Waals surface area (Å²) < 4.78 is 6.27. The van der Waals surface area contributed by atoms with E-state index in [1.54, 1.807) is 5.57 Å². The van der Waals surface area contributed by atoms with Crippen LogP contribution in [0.5, 0.6) is 0 Å². The summed E-state index contributed by atoms with van der Waals surface area (Å²) in [5, 5.41) is 22.3. The molecule has 0 aromatic carbocycles. The van der Waals surface area contributed by atoms with E-state index in [1.807, 2.05) is 0 Å². The van der Waals surface area contributed by atoms with Crippen molar-refractivity contribution in [1.29, 1.82) is 0 Å². The molecule has 4 aliphatic carbocycles. The first-order valence-corrected chi connectivity index (χ1v) is 29.2. The van der Waals surface area contributed by atoms with Gasteiger partial charge < -0.3 is 14.9 Å². The Balaban J connectivity index is 1.19. The average molecular weight is 921 g/mol. The highest BCUT2D eigenvalue weighted by Crippen LogP contribution is 2.67. The Morgan fingerprint density at radius 1 is 0.697 bits per heavy atom. The van der Waals surface area contributed by atoms with Crippen LogP contribution in [-0.4, -0.2) is 59.0 Å². The smallest absolute Gasteiger partial charge is 0.306 e. The van der Waals surface area contributed by atoms with E-state index in [2.05, 4.69) is 83.7 Å². The Bertz CT molecular complexity index is 1390. The highest BCUT2D eigenvalue weighted by molar-refractivity contribution is 5.69. The third kappa shape index (κ3) is 19.4. The van der Waals surface area contributed by atoms with E-state index in [0.717, 1.165) is 99.7 Å². The van der Waals surface area contributed by atoms with Gasteiger partial charge in [-0.25, -0.2) is 0 Å². The van der Waals surface area contributed by atoms with Crippen LogP contribution in [0.25, 0.3) is 0 Å². The highest BCUT2D eigenvalue weighted by Gasteiger charge is 2.59. The number of fused-ring (bicyclic) bond motifs is 5. The van der Waals surface area contributed by atoms with Crippen molar-refractivity contribution in [2.24, 2.45) is 46.3 Å². The first kappa shape index (κ1) is 57.2. The number of nitrogens with zero attached hydrogens (tertiary/aromatic N) is 1. The minimum atomic E-state index is -0.410. The number of allylic oxidation sites excluding steroid dienone is 5. The monoisotopic (exact) mass is 920 g/mol. The fourth-order valence-corrected chi connectivity index (χ4v) is 14.0. The normalized spacial score (nSPS) is 27.9. The lowest BCUT2D eigenvalue weighted by molar-refractivity contribution is -0.151. The molecule has 3 fully saturated rings. The van der Waals surface area contributed by atoms with Crippen LogP contribution < -0.4 is 0 Å². The fraction of sp³-hybridized carbons (Fsp3) is 0.885. The Morgan fingerprint density at radius 3 is 1.95 bits per heavy atom. The molecule has 0 aromatic heterocycles. The fourth-order valence-electron chi connectivity index (χ4n) is 14.0. The van der Waals surface area contributed by atoms with Gasteiger partial charge in [0, 0.05) is 25.9 Å². The molecular formula is C61H109NO4. The van der Waals surface area contributed by atoms with Crippen molar-refractivity contribution in [2.75, 3.05) is 19.6 Å². The number of ether oxygens (including phenoxy) is 1. The van der Waals surface area contributed by atoms with Gasteiger partial charge in [-0.1, -0.05) is 187 Å². The molecule has 10 atom stereocenters. The molecule has 0 aliphatic heterocycles. The first-order valence-electron chi connectivity index (χ1n) is 29.2. The zero-order chi connectivity index (χ0) is 47.6. The molecule has 5 nitrogen and oxygen atoms in total. The quantitative estimate of drug-likeness (QED) is 0.0372. The van der Waals surface area contributed by atoms with Crippen molar-refractivity contribution < 1.29 is 19.7 Å². The summed E-state index contributed by atoms with van der Waals surface area (Å²) in [6.07, 6.45) is 49.8. The first-order chi connectivity index (χ1) is 31.9. The maximum absolute atomic E-state index is 13.4. The topological polar surface area (TPSA) is 70.0 Å². The van der Waals surface area contributed by atoms with Gasteiger partial charge in [-0.3, -0.25) is 9.69 Å². The van der Waals surface area contributed by atoms with Crippen molar-refractivity contribution in [3.8, 4) is 0 Å². The molecule has 0 amide bonds. The predicted molar refractivity (Wildman–Crippen MR) is 283 cm³/mol. The maximum Gasteiger partial charge on any atom is 0.306 e. The van der Waals surface area contributed by atoms with E-state index in [4.69, 9.17) is 4.74 Å². The number of carbonyl (C=O) groups is 1. The molecule has 2 N–H and O–H groups in total. The van der Waals surface area contributed by atoms with Gasteiger partial charge in [0.25, 0.3) is 0 Å². The maximum atomic E-state index is 13.4. The molecule has 0 heterocycles. The molecule has 5 heteroatoms. The molecule has 4 rings (SSSR count). The number of esters is 1. The summed E-state index contributed by atoms with van der Waals surface area (Å²) in [4.78, 5) is 15.7. The second-order valence-corrected chi connectivity index (χ2v) is 23.7. The van der Waals surface area contributed by atoms with Crippen LogP contribution >= 0.6 is 0 Å². The molecule has 4 aliphatic rings. The lowest BCUT2D eigenvalue weighted by atomic mass is 9.47. The predicted octanol–water partition coefficient (Wildman–Crippen LogP) is 16.7. The molecule has 66 heavy (non-hydrogen) atoms.